The Kier molecular flexibility index (Phi) is 5.71. The Morgan fingerprint density at radius 2 is 2.05 bits per heavy atom. The van der Waals surface area contributed by atoms with Gasteiger partial charge in [0.2, 0.25) is 0 Å². The van der Waals surface area contributed by atoms with Crippen LogP contribution < -0.4 is 4.74 Å². The maximum Gasteiger partial charge on any atom is 0.125 e. The van der Waals surface area contributed by atoms with E-state index < -0.39 is 0 Å². The molecule has 1 aromatic carbocycles. The van der Waals surface area contributed by atoms with Crippen molar-refractivity contribution in [3.63, 3.8) is 0 Å². The molecule has 2 atom stereocenters. The summed E-state index contributed by atoms with van der Waals surface area (Å²) in [4.78, 5) is 0. The molecule has 0 bridgehead atoms. The van der Waals surface area contributed by atoms with Crippen LogP contribution in [0.5, 0.6) is 5.75 Å². The number of ether oxygens (including phenoxy) is 1. The number of aliphatic hydroxyl groups is 1. The molecule has 1 aromatic rings. The van der Waals surface area contributed by atoms with Crippen LogP contribution in [0.25, 0.3) is 0 Å². The molecular weight excluding hydrogens is 304 g/mol. The summed E-state index contributed by atoms with van der Waals surface area (Å²) < 4.78 is 6.98. The summed E-state index contributed by atoms with van der Waals surface area (Å²) in [6, 6.07) is 5.87. The maximum absolute atomic E-state index is 10.2. The molecule has 0 saturated heterocycles. The lowest BCUT2D eigenvalue weighted by molar-refractivity contribution is 0.0604. The van der Waals surface area contributed by atoms with Crippen molar-refractivity contribution in [3.05, 3.63) is 28.2 Å². The smallest absolute Gasteiger partial charge is 0.125 e. The third kappa shape index (κ3) is 4.22. The molecule has 1 N–H and O–H groups in total. The van der Waals surface area contributed by atoms with Gasteiger partial charge in [-0.05, 0) is 31.0 Å². The second kappa shape index (κ2) is 7.30. The Hall–Kier alpha value is -0.540. The molecule has 2 rings (SSSR count). The van der Waals surface area contributed by atoms with E-state index in [0.29, 0.717) is 0 Å². The van der Waals surface area contributed by atoms with Gasteiger partial charge in [-0.2, -0.15) is 0 Å². The number of rotatable bonds is 6. The molecule has 1 heterocycles. The van der Waals surface area contributed by atoms with Gasteiger partial charge in [0.05, 0.1) is 6.10 Å². The van der Waals surface area contributed by atoms with Crippen LogP contribution in [-0.4, -0.2) is 11.2 Å². The minimum absolute atomic E-state index is 0.172. The highest BCUT2D eigenvalue weighted by Crippen LogP contribution is 2.37. The number of hydrogen-bond acceptors (Lipinski definition) is 2. The summed E-state index contributed by atoms with van der Waals surface area (Å²) in [6.45, 7) is 2.23. The largest absolute Gasteiger partial charge is 0.490 e. The second-order valence-electron chi connectivity index (χ2n) is 5.38. The van der Waals surface area contributed by atoms with E-state index in [-0.39, 0.29) is 12.2 Å². The van der Waals surface area contributed by atoms with Crippen LogP contribution in [-0.2, 0) is 0 Å². The highest BCUT2D eigenvalue weighted by molar-refractivity contribution is 9.10. The predicted molar refractivity (Wildman–Crippen MR) is 81.5 cm³/mol. The van der Waals surface area contributed by atoms with Gasteiger partial charge >= 0.3 is 0 Å². The minimum atomic E-state index is -0.387. The molecule has 0 aliphatic carbocycles. The Bertz CT molecular complexity index is 406. The summed E-state index contributed by atoms with van der Waals surface area (Å²) >= 11 is 3.43. The van der Waals surface area contributed by atoms with Crippen molar-refractivity contribution in [2.45, 2.75) is 64.1 Å². The molecule has 0 fully saturated rings. The Labute approximate surface area is 124 Å². The summed E-state index contributed by atoms with van der Waals surface area (Å²) in [5.74, 6) is 0.848. The Balaban J connectivity index is 1.85. The molecule has 0 radical (unpaired) electrons. The van der Waals surface area contributed by atoms with Gasteiger partial charge in [-0.25, -0.2) is 0 Å². The normalized spacial score (nSPS) is 21.8. The van der Waals surface area contributed by atoms with Crippen molar-refractivity contribution < 1.29 is 9.84 Å². The Morgan fingerprint density at radius 3 is 2.84 bits per heavy atom. The van der Waals surface area contributed by atoms with E-state index in [1.165, 1.54) is 32.1 Å². The lowest BCUT2D eigenvalue weighted by Crippen LogP contribution is -2.25. The summed E-state index contributed by atoms with van der Waals surface area (Å²) in [7, 11) is 0. The highest BCUT2D eigenvalue weighted by Gasteiger charge is 2.26. The number of benzene rings is 1. The van der Waals surface area contributed by atoms with Crippen molar-refractivity contribution in [2.75, 3.05) is 0 Å². The number of fused-ring (bicyclic) bond motifs is 1. The van der Waals surface area contributed by atoms with Crippen LogP contribution in [0, 0.1) is 0 Å². The third-order valence-corrected chi connectivity index (χ3v) is 4.23. The Morgan fingerprint density at radius 1 is 1.26 bits per heavy atom. The van der Waals surface area contributed by atoms with E-state index in [0.717, 1.165) is 28.6 Å². The van der Waals surface area contributed by atoms with E-state index in [4.69, 9.17) is 4.74 Å². The number of aliphatic hydroxyl groups excluding tert-OH is 1. The fourth-order valence-electron chi connectivity index (χ4n) is 2.64. The molecule has 3 heteroatoms. The molecule has 19 heavy (non-hydrogen) atoms. The standard InChI is InChI=1S/C16H23BrO2/c1-2-3-4-5-6-7-13-11-15(18)14-10-12(17)8-9-16(14)19-13/h8-10,13,15,18H,2-7,11H2,1H3/t13?,15-/m1/s1. The SMILES string of the molecule is CCCCCCCC1C[C@@H](O)c2cc(Br)ccc2O1. The van der Waals surface area contributed by atoms with Crippen LogP contribution in [0.15, 0.2) is 22.7 Å². The monoisotopic (exact) mass is 326 g/mol. The maximum atomic E-state index is 10.2. The van der Waals surface area contributed by atoms with E-state index in [9.17, 15) is 5.11 Å². The number of halogens is 1. The van der Waals surface area contributed by atoms with Gasteiger partial charge in [-0.3, -0.25) is 0 Å². The zero-order valence-corrected chi connectivity index (χ0v) is 13.2. The summed E-state index contributed by atoms with van der Waals surface area (Å²) in [6.07, 6.45) is 7.95. The summed E-state index contributed by atoms with van der Waals surface area (Å²) in [5.41, 5.74) is 0.914. The van der Waals surface area contributed by atoms with Crippen molar-refractivity contribution >= 4 is 15.9 Å². The van der Waals surface area contributed by atoms with Gasteiger partial charge < -0.3 is 9.84 Å². The zero-order chi connectivity index (χ0) is 13.7. The first kappa shape index (κ1) is 14.9. The van der Waals surface area contributed by atoms with Gasteiger partial charge in [-0.15, -0.1) is 0 Å². The van der Waals surface area contributed by atoms with Crippen molar-refractivity contribution in [1.82, 2.24) is 0 Å². The van der Waals surface area contributed by atoms with Gasteiger partial charge in [0.1, 0.15) is 11.9 Å². The quantitative estimate of drug-likeness (QED) is 0.746. The molecule has 1 unspecified atom stereocenters. The van der Waals surface area contributed by atoms with E-state index in [1.54, 1.807) is 0 Å². The molecule has 1 aliphatic heterocycles. The topological polar surface area (TPSA) is 29.5 Å². The van der Waals surface area contributed by atoms with Crippen LogP contribution in [0.3, 0.4) is 0 Å². The average molecular weight is 327 g/mol. The summed E-state index contributed by atoms with van der Waals surface area (Å²) in [5, 5.41) is 10.2. The number of unbranched alkanes of at least 4 members (excludes halogenated alkanes) is 4. The van der Waals surface area contributed by atoms with Gasteiger partial charge in [0.15, 0.2) is 0 Å². The molecule has 1 aliphatic rings. The van der Waals surface area contributed by atoms with Crippen LogP contribution in [0.1, 0.15) is 63.5 Å². The molecular formula is C16H23BrO2. The van der Waals surface area contributed by atoms with E-state index >= 15 is 0 Å². The minimum Gasteiger partial charge on any atom is -0.490 e. The first-order valence-corrected chi connectivity index (χ1v) is 8.14. The molecule has 106 valence electrons. The first-order chi connectivity index (χ1) is 9.20. The van der Waals surface area contributed by atoms with E-state index in [1.807, 2.05) is 18.2 Å². The fourth-order valence-corrected chi connectivity index (χ4v) is 3.02. The lowest BCUT2D eigenvalue weighted by atomic mass is 9.96. The molecule has 0 aromatic heterocycles. The van der Waals surface area contributed by atoms with Gasteiger partial charge in [0.25, 0.3) is 0 Å². The van der Waals surface area contributed by atoms with Gasteiger partial charge in [0, 0.05) is 16.5 Å². The highest BCUT2D eigenvalue weighted by atomic mass is 79.9. The zero-order valence-electron chi connectivity index (χ0n) is 11.6. The van der Waals surface area contributed by atoms with Crippen LogP contribution >= 0.6 is 15.9 Å². The first-order valence-electron chi connectivity index (χ1n) is 7.35. The van der Waals surface area contributed by atoms with Gasteiger partial charge in [-0.1, -0.05) is 48.5 Å². The third-order valence-electron chi connectivity index (χ3n) is 3.74. The van der Waals surface area contributed by atoms with Crippen molar-refractivity contribution in [2.24, 2.45) is 0 Å². The lowest BCUT2D eigenvalue weighted by Gasteiger charge is -2.29. The van der Waals surface area contributed by atoms with Crippen molar-refractivity contribution in [3.8, 4) is 5.75 Å². The van der Waals surface area contributed by atoms with E-state index in [2.05, 4.69) is 22.9 Å². The molecule has 0 amide bonds. The van der Waals surface area contributed by atoms with Crippen molar-refractivity contribution in [1.29, 1.82) is 0 Å². The fraction of sp³-hybridized carbons (Fsp3) is 0.625. The van der Waals surface area contributed by atoms with Crippen LogP contribution in [0.2, 0.25) is 0 Å². The van der Waals surface area contributed by atoms with Crippen LogP contribution in [0.4, 0.5) is 0 Å². The number of hydrogen-bond donors (Lipinski definition) is 1. The predicted octanol–water partition coefficient (Wildman–Crippen LogP) is 4.99. The molecule has 0 saturated carbocycles. The average Bonchev–Trinajstić information content (AvgIpc) is 2.39. The molecule has 0 spiro atoms. The second-order valence-corrected chi connectivity index (χ2v) is 6.29. The molecule has 2 nitrogen and oxygen atoms in total.